The Morgan fingerprint density at radius 1 is 0.923 bits per heavy atom. The van der Waals surface area contributed by atoms with Crippen molar-refractivity contribution >= 4 is 39.2 Å². The number of para-hydroxylation sites is 1. The SMILES string of the molecule is CCNC(=O)[C@@H](NC(=O)[C@H](C)NC[C@H](Cc1ccccc1)NC(=O)c1cc(C(=O)C2(N)Oc3ccccc3C2C)cc(N(C)S(C)(=O)=O)c1)C(C)C. The third-order valence-electron chi connectivity index (χ3n) is 9.29. The lowest BCUT2D eigenvalue weighted by atomic mass is 9.86. The molecule has 0 aromatic heterocycles. The van der Waals surface area contributed by atoms with Crippen molar-refractivity contribution in [2.24, 2.45) is 11.7 Å². The van der Waals surface area contributed by atoms with Crippen molar-refractivity contribution in [3.63, 3.8) is 0 Å². The van der Waals surface area contributed by atoms with Gasteiger partial charge in [0.2, 0.25) is 33.3 Å². The summed E-state index contributed by atoms with van der Waals surface area (Å²) in [5.74, 6) is -2.07. The van der Waals surface area contributed by atoms with Crippen LogP contribution in [0.5, 0.6) is 5.75 Å². The number of nitrogens with two attached hydrogens (primary N) is 1. The molecule has 0 spiro atoms. The minimum Gasteiger partial charge on any atom is -0.464 e. The molecule has 4 rings (SSSR count). The van der Waals surface area contributed by atoms with Gasteiger partial charge in [0.1, 0.15) is 11.8 Å². The zero-order chi connectivity index (χ0) is 38.4. The Morgan fingerprint density at radius 3 is 2.17 bits per heavy atom. The summed E-state index contributed by atoms with van der Waals surface area (Å²) < 4.78 is 32.2. The van der Waals surface area contributed by atoms with E-state index in [2.05, 4.69) is 21.3 Å². The highest BCUT2D eigenvalue weighted by Gasteiger charge is 2.49. The summed E-state index contributed by atoms with van der Waals surface area (Å²) in [6.45, 7) is 9.53. The molecule has 6 N–H and O–H groups in total. The van der Waals surface area contributed by atoms with E-state index in [1.165, 1.54) is 25.2 Å². The molecule has 1 aliphatic heterocycles. The second kappa shape index (κ2) is 16.7. The lowest BCUT2D eigenvalue weighted by molar-refractivity contribution is -0.130. The predicted molar refractivity (Wildman–Crippen MR) is 201 cm³/mol. The molecule has 280 valence electrons. The monoisotopic (exact) mass is 734 g/mol. The van der Waals surface area contributed by atoms with Crippen molar-refractivity contribution in [2.45, 2.75) is 70.8 Å². The van der Waals surface area contributed by atoms with Crippen molar-refractivity contribution in [3.05, 3.63) is 95.1 Å². The van der Waals surface area contributed by atoms with Crippen molar-refractivity contribution < 1.29 is 32.3 Å². The third-order valence-corrected chi connectivity index (χ3v) is 10.5. The van der Waals surface area contributed by atoms with Gasteiger partial charge in [0.05, 0.1) is 18.0 Å². The fourth-order valence-corrected chi connectivity index (χ4v) is 6.49. The summed E-state index contributed by atoms with van der Waals surface area (Å²) in [6.07, 6.45) is 1.40. The van der Waals surface area contributed by atoms with Crippen LogP contribution in [0.1, 0.15) is 72.4 Å². The number of carbonyl (C=O) groups is 4. The van der Waals surface area contributed by atoms with Gasteiger partial charge in [0.25, 0.3) is 5.91 Å². The highest BCUT2D eigenvalue weighted by atomic mass is 32.2. The normalized spacial score (nSPS) is 18.4. The maximum atomic E-state index is 14.1. The molecule has 0 aliphatic carbocycles. The maximum Gasteiger partial charge on any atom is 0.251 e. The summed E-state index contributed by atoms with van der Waals surface area (Å²) in [5.41, 5.74) is 6.60. The van der Waals surface area contributed by atoms with E-state index in [0.717, 1.165) is 21.7 Å². The number of benzene rings is 3. The van der Waals surface area contributed by atoms with Crippen molar-refractivity contribution in [2.75, 3.05) is 30.7 Å². The molecule has 2 unspecified atom stereocenters. The van der Waals surface area contributed by atoms with E-state index in [1.54, 1.807) is 32.9 Å². The number of ether oxygens (including phenoxy) is 1. The van der Waals surface area contributed by atoms with Crippen LogP contribution in [0.25, 0.3) is 0 Å². The number of nitrogens with one attached hydrogen (secondary N) is 4. The van der Waals surface area contributed by atoms with Gasteiger partial charge in [-0.1, -0.05) is 69.3 Å². The number of Topliss-reactive ketones (excluding diaryl/α,β-unsaturated/α-hetero) is 1. The number of hydrogen-bond donors (Lipinski definition) is 5. The smallest absolute Gasteiger partial charge is 0.251 e. The average molecular weight is 735 g/mol. The topological polar surface area (TPSA) is 189 Å². The minimum atomic E-state index is -3.79. The van der Waals surface area contributed by atoms with Gasteiger partial charge in [-0.05, 0) is 56.0 Å². The van der Waals surface area contributed by atoms with Gasteiger partial charge in [-0.3, -0.25) is 29.2 Å². The van der Waals surface area contributed by atoms with Crippen LogP contribution in [0.3, 0.4) is 0 Å². The van der Waals surface area contributed by atoms with E-state index in [9.17, 15) is 27.6 Å². The number of fused-ring (bicyclic) bond motifs is 1. The molecule has 3 aromatic rings. The molecule has 5 atom stereocenters. The van der Waals surface area contributed by atoms with Crippen molar-refractivity contribution in [1.82, 2.24) is 21.3 Å². The molecule has 0 radical (unpaired) electrons. The number of nitrogens with zero attached hydrogens (tertiary/aromatic N) is 1. The van der Waals surface area contributed by atoms with Crippen LogP contribution in [-0.4, -0.2) is 82.2 Å². The van der Waals surface area contributed by atoms with E-state index in [-0.39, 0.29) is 41.1 Å². The van der Waals surface area contributed by atoms with E-state index in [4.69, 9.17) is 10.5 Å². The van der Waals surface area contributed by atoms with Gasteiger partial charge in [0.15, 0.2) is 0 Å². The molecule has 3 amide bonds. The van der Waals surface area contributed by atoms with Gasteiger partial charge >= 0.3 is 0 Å². The van der Waals surface area contributed by atoms with Gasteiger partial charge in [-0.2, -0.15) is 0 Å². The molecule has 0 bridgehead atoms. The lowest BCUT2D eigenvalue weighted by Gasteiger charge is -2.28. The molecule has 14 heteroatoms. The molecule has 0 saturated carbocycles. The first-order valence-corrected chi connectivity index (χ1v) is 19.2. The molecule has 0 saturated heterocycles. The van der Waals surface area contributed by atoms with E-state index >= 15 is 0 Å². The summed E-state index contributed by atoms with van der Waals surface area (Å²) in [6, 6.07) is 18.7. The number of hydrogen-bond acceptors (Lipinski definition) is 9. The predicted octanol–water partition coefficient (Wildman–Crippen LogP) is 2.71. The van der Waals surface area contributed by atoms with Crippen LogP contribution in [-0.2, 0) is 26.0 Å². The second-order valence-electron chi connectivity index (χ2n) is 13.6. The number of likely N-dealkylation sites (N-methyl/N-ethyl adjacent to an activating group) is 1. The summed E-state index contributed by atoms with van der Waals surface area (Å²) in [5, 5.41) is 11.7. The Bertz CT molecular complexity index is 1890. The van der Waals surface area contributed by atoms with Crippen molar-refractivity contribution in [1.29, 1.82) is 0 Å². The minimum absolute atomic E-state index is 0.00449. The Hall–Kier alpha value is -4.79. The van der Waals surface area contributed by atoms with Gasteiger partial charge in [0, 0.05) is 48.8 Å². The quantitative estimate of drug-likeness (QED) is 0.138. The summed E-state index contributed by atoms with van der Waals surface area (Å²) >= 11 is 0. The van der Waals surface area contributed by atoms with Crippen LogP contribution in [0.15, 0.2) is 72.8 Å². The van der Waals surface area contributed by atoms with Gasteiger partial charge < -0.3 is 26.0 Å². The number of ketones is 1. The third kappa shape index (κ3) is 9.35. The Balaban J connectivity index is 1.61. The largest absolute Gasteiger partial charge is 0.464 e. The molecular weight excluding hydrogens is 685 g/mol. The Labute approximate surface area is 306 Å². The van der Waals surface area contributed by atoms with Crippen LogP contribution < -0.4 is 36.0 Å². The molecular formula is C38H50N6O7S. The molecule has 3 aromatic carbocycles. The van der Waals surface area contributed by atoms with Gasteiger partial charge in [-0.25, -0.2) is 8.42 Å². The standard InChI is InChI=1S/C38H50N6O7S/c1-8-40-37(48)33(23(2)3)43-35(46)25(5)41-22-29(18-26-14-10-9-11-15-26)42-36(47)28-19-27(20-30(21-28)44(6)52(7,49)50)34(45)38(39)24(4)31-16-12-13-17-32(31)51-38/h9-17,19-21,23-25,29,33,41H,8,18,22,39H2,1-7H3,(H,40,48)(H,42,47)(H,43,46)/t24?,25-,29-,33-,38?/m0/s1. The first-order valence-electron chi connectivity index (χ1n) is 17.3. The maximum absolute atomic E-state index is 14.1. The second-order valence-corrected chi connectivity index (χ2v) is 15.6. The summed E-state index contributed by atoms with van der Waals surface area (Å²) in [7, 11) is -2.46. The lowest BCUT2D eigenvalue weighted by Crippen LogP contribution is -2.55. The Morgan fingerprint density at radius 2 is 1.56 bits per heavy atom. The number of carbonyl (C=O) groups excluding carboxylic acids is 4. The number of amides is 3. The van der Waals surface area contributed by atoms with E-state index in [1.807, 2.05) is 56.3 Å². The first-order chi connectivity index (χ1) is 24.5. The fourth-order valence-electron chi connectivity index (χ4n) is 6.00. The van der Waals surface area contributed by atoms with Crippen LogP contribution >= 0.6 is 0 Å². The molecule has 0 fully saturated rings. The number of sulfonamides is 1. The molecule has 1 aliphatic rings. The molecule has 13 nitrogen and oxygen atoms in total. The average Bonchev–Trinajstić information content (AvgIpc) is 3.38. The van der Waals surface area contributed by atoms with Gasteiger partial charge in [-0.15, -0.1) is 0 Å². The highest BCUT2D eigenvalue weighted by molar-refractivity contribution is 7.92. The van der Waals surface area contributed by atoms with E-state index in [0.29, 0.717) is 18.7 Å². The molecule has 52 heavy (non-hydrogen) atoms. The summed E-state index contributed by atoms with van der Waals surface area (Å²) in [4.78, 5) is 53.8. The van der Waals surface area contributed by atoms with Crippen LogP contribution in [0, 0.1) is 5.92 Å². The van der Waals surface area contributed by atoms with E-state index < -0.39 is 51.5 Å². The van der Waals surface area contributed by atoms with Crippen molar-refractivity contribution in [3.8, 4) is 5.75 Å². The zero-order valence-electron chi connectivity index (χ0n) is 30.7. The zero-order valence-corrected chi connectivity index (χ0v) is 31.5. The highest BCUT2D eigenvalue weighted by Crippen LogP contribution is 2.43. The molecule has 1 heterocycles. The Kier molecular flexibility index (Phi) is 12.8. The van der Waals surface area contributed by atoms with Crippen LogP contribution in [0.2, 0.25) is 0 Å². The first kappa shape index (κ1) is 40.0. The van der Waals surface area contributed by atoms with Crippen LogP contribution in [0.4, 0.5) is 5.69 Å². The fraction of sp³-hybridized carbons (Fsp3) is 0.421. The number of rotatable bonds is 16. The number of anilines is 1.